The van der Waals surface area contributed by atoms with E-state index in [1.165, 1.54) is 24.0 Å². The molecule has 1 N–H and O–H groups in total. The Hall–Kier alpha value is -1.35. The van der Waals surface area contributed by atoms with E-state index in [0.29, 0.717) is 17.4 Å². The number of amides is 1. The fourth-order valence-corrected chi connectivity index (χ4v) is 5.23. The maximum atomic E-state index is 12.8. The molecule has 3 fully saturated rings. The monoisotopic (exact) mass is 354 g/mol. The smallest absolute Gasteiger partial charge is 0.225 e. The van der Waals surface area contributed by atoms with E-state index in [4.69, 9.17) is 0 Å². The minimum Gasteiger partial charge on any atom is -0.342 e. The van der Waals surface area contributed by atoms with Gasteiger partial charge < -0.3 is 10.2 Å². The molecule has 2 heterocycles. The normalized spacial score (nSPS) is 29.8. The van der Waals surface area contributed by atoms with Gasteiger partial charge in [-0.3, -0.25) is 4.79 Å². The Labute approximate surface area is 158 Å². The molecule has 0 bridgehead atoms. The molecule has 1 saturated carbocycles. The molecule has 3 heteroatoms. The van der Waals surface area contributed by atoms with Gasteiger partial charge in [0.15, 0.2) is 0 Å². The van der Waals surface area contributed by atoms with Crippen LogP contribution in [0.4, 0.5) is 0 Å². The van der Waals surface area contributed by atoms with Crippen LogP contribution in [0.15, 0.2) is 24.3 Å². The minimum atomic E-state index is 0.196. The maximum Gasteiger partial charge on any atom is 0.225 e. The largest absolute Gasteiger partial charge is 0.342 e. The number of nitrogens with zero attached hydrogens (tertiary/aromatic N) is 1. The molecule has 1 aromatic carbocycles. The van der Waals surface area contributed by atoms with Crippen LogP contribution >= 0.6 is 0 Å². The lowest BCUT2D eigenvalue weighted by Gasteiger charge is -2.47. The molecule has 26 heavy (non-hydrogen) atoms. The lowest BCUT2D eigenvalue weighted by atomic mass is 9.67. The molecule has 1 amide bonds. The van der Waals surface area contributed by atoms with E-state index in [9.17, 15) is 4.79 Å². The average molecular weight is 355 g/mol. The van der Waals surface area contributed by atoms with Gasteiger partial charge in [-0.05, 0) is 67.5 Å². The summed E-state index contributed by atoms with van der Waals surface area (Å²) < 4.78 is 0. The summed E-state index contributed by atoms with van der Waals surface area (Å²) >= 11 is 0. The minimum absolute atomic E-state index is 0.196. The predicted molar refractivity (Wildman–Crippen MR) is 106 cm³/mol. The number of carbonyl (C=O) groups excluding carboxylic acids is 1. The summed E-state index contributed by atoms with van der Waals surface area (Å²) in [5.74, 6) is 1.30. The topological polar surface area (TPSA) is 32.3 Å². The predicted octanol–water partition coefficient (Wildman–Crippen LogP) is 4.22. The van der Waals surface area contributed by atoms with E-state index < -0.39 is 0 Å². The van der Waals surface area contributed by atoms with Gasteiger partial charge >= 0.3 is 0 Å². The van der Waals surface area contributed by atoms with Crippen LogP contribution in [0.25, 0.3) is 0 Å². The molecule has 1 spiro atoms. The summed E-state index contributed by atoms with van der Waals surface area (Å²) in [4.78, 5) is 15.0. The molecular weight excluding hydrogens is 320 g/mol. The first-order valence-corrected chi connectivity index (χ1v) is 10.5. The second-order valence-corrected chi connectivity index (χ2v) is 9.89. The molecular formula is C23H34N2O. The fourth-order valence-electron chi connectivity index (χ4n) is 5.23. The first-order valence-electron chi connectivity index (χ1n) is 10.5. The molecule has 1 aromatic rings. The van der Waals surface area contributed by atoms with Gasteiger partial charge in [0.25, 0.3) is 0 Å². The third-order valence-corrected chi connectivity index (χ3v) is 6.99. The van der Waals surface area contributed by atoms with Crippen molar-refractivity contribution in [2.45, 2.75) is 76.2 Å². The van der Waals surface area contributed by atoms with Gasteiger partial charge in [-0.1, -0.05) is 45.0 Å². The second kappa shape index (κ2) is 6.67. The highest BCUT2D eigenvalue weighted by Gasteiger charge is 2.49. The van der Waals surface area contributed by atoms with Crippen LogP contribution in [0.2, 0.25) is 0 Å². The summed E-state index contributed by atoms with van der Waals surface area (Å²) in [6, 6.07) is 9.12. The highest BCUT2D eigenvalue weighted by molar-refractivity contribution is 5.80. The zero-order valence-corrected chi connectivity index (χ0v) is 16.7. The lowest BCUT2D eigenvalue weighted by Crippen LogP contribution is -2.56. The third-order valence-electron chi connectivity index (χ3n) is 6.99. The van der Waals surface area contributed by atoms with E-state index >= 15 is 0 Å². The van der Waals surface area contributed by atoms with Gasteiger partial charge in [0.2, 0.25) is 5.91 Å². The molecule has 3 nitrogen and oxygen atoms in total. The number of carbonyl (C=O) groups is 1. The molecule has 3 aliphatic rings. The standard InChI is InChI=1S/C23H34N2O/c1-22(2,3)20-7-4-6-18(14-20)17-8-12-25(13-9-17)21(26)19-15-23(16-19)10-5-11-24-23/h4,6-7,14,17,19,24H,5,8-13,15-16H2,1-3H3. The number of nitrogens with one attached hydrogen (secondary N) is 1. The van der Waals surface area contributed by atoms with Crippen LogP contribution in [0, 0.1) is 5.92 Å². The molecule has 4 rings (SSSR count). The Morgan fingerprint density at radius 2 is 1.92 bits per heavy atom. The van der Waals surface area contributed by atoms with Crippen molar-refractivity contribution in [3.63, 3.8) is 0 Å². The Morgan fingerprint density at radius 1 is 1.19 bits per heavy atom. The van der Waals surface area contributed by atoms with E-state index in [1.807, 2.05) is 0 Å². The van der Waals surface area contributed by atoms with Gasteiger partial charge in [-0.25, -0.2) is 0 Å². The summed E-state index contributed by atoms with van der Waals surface area (Å²) in [6.45, 7) is 9.83. The van der Waals surface area contributed by atoms with Crippen molar-refractivity contribution in [1.29, 1.82) is 0 Å². The molecule has 0 aromatic heterocycles. The van der Waals surface area contributed by atoms with Crippen LogP contribution in [-0.4, -0.2) is 36.0 Å². The van der Waals surface area contributed by atoms with E-state index in [2.05, 4.69) is 55.3 Å². The molecule has 142 valence electrons. The van der Waals surface area contributed by atoms with E-state index in [-0.39, 0.29) is 11.3 Å². The highest BCUT2D eigenvalue weighted by atomic mass is 16.2. The molecule has 0 atom stereocenters. The van der Waals surface area contributed by atoms with Crippen molar-refractivity contribution in [2.24, 2.45) is 5.92 Å². The average Bonchev–Trinajstić information content (AvgIpc) is 3.10. The van der Waals surface area contributed by atoms with E-state index in [0.717, 1.165) is 45.3 Å². The zero-order chi connectivity index (χ0) is 18.4. The van der Waals surface area contributed by atoms with Crippen LogP contribution in [0.1, 0.15) is 76.3 Å². The van der Waals surface area contributed by atoms with Crippen molar-refractivity contribution in [3.05, 3.63) is 35.4 Å². The molecule has 2 saturated heterocycles. The lowest BCUT2D eigenvalue weighted by molar-refractivity contribution is -0.142. The number of piperidine rings is 1. The summed E-state index contributed by atoms with van der Waals surface area (Å²) in [7, 11) is 0. The summed E-state index contributed by atoms with van der Waals surface area (Å²) in [6.07, 6.45) is 6.90. The third kappa shape index (κ3) is 3.43. The van der Waals surface area contributed by atoms with Gasteiger partial charge in [0, 0.05) is 24.5 Å². The number of likely N-dealkylation sites (tertiary alicyclic amines) is 1. The Balaban J connectivity index is 1.32. The number of hydrogen-bond donors (Lipinski definition) is 1. The summed E-state index contributed by atoms with van der Waals surface area (Å²) in [5, 5.41) is 3.63. The number of rotatable bonds is 2. The van der Waals surface area contributed by atoms with Crippen molar-refractivity contribution in [2.75, 3.05) is 19.6 Å². The first kappa shape index (κ1) is 18.0. The molecule has 2 aliphatic heterocycles. The van der Waals surface area contributed by atoms with Crippen LogP contribution in [-0.2, 0) is 10.2 Å². The zero-order valence-electron chi connectivity index (χ0n) is 16.7. The van der Waals surface area contributed by atoms with Crippen molar-refractivity contribution >= 4 is 5.91 Å². The number of hydrogen-bond acceptors (Lipinski definition) is 2. The van der Waals surface area contributed by atoms with Gasteiger partial charge in [-0.2, -0.15) is 0 Å². The van der Waals surface area contributed by atoms with E-state index in [1.54, 1.807) is 0 Å². The Morgan fingerprint density at radius 3 is 2.54 bits per heavy atom. The molecule has 1 aliphatic carbocycles. The van der Waals surface area contributed by atoms with Crippen LogP contribution in [0.3, 0.4) is 0 Å². The highest BCUT2D eigenvalue weighted by Crippen LogP contribution is 2.44. The molecule has 0 unspecified atom stereocenters. The Kier molecular flexibility index (Phi) is 4.63. The maximum absolute atomic E-state index is 12.8. The first-order chi connectivity index (χ1) is 12.4. The SMILES string of the molecule is CC(C)(C)c1cccc(C2CCN(C(=O)C3CC4(CCCN4)C3)CC2)c1. The second-order valence-electron chi connectivity index (χ2n) is 9.89. The fraction of sp³-hybridized carbons (Fsp3) is 0.696. The van der Waals surface area contributed by atoms with Crippen molar-refractivity contribution < 1.29 is 4.79 Å². The summed E-state index contributed by atoms with van der Waals surface area (Å²) in [5.41, 5.74) is 3.40. The van der Waals surface area contributed by atoms with Crippen LogP contribution < -0.4 is 5.32 Å². The molecule has 0 radical (unpaired) electrons. The van der Waals surface area contributed by atoms with Crippen molar-refractivity contribution in [3.8, 4) is 0 Å². The van der Waals surface area contributed by atoms with Crippen LogP contribution in [0.5, 0.6) is 0 Å². The quantitative estimate of drug-likeness (QED) is 0.862. The van der Waals surface area contributed by atoms with Gasteiger partial charge in [-0.15, -0.1) is 0 Å². The van der Waals surface area contributed by atoms with Gasteiger partial charge in [0.1, 0.15) is 0 Å². The number of benzene rings is 1. The Bertz CT molecular complexity index is 653. The van der Waals surface area contributed by atoms with Gasteiger partial charge in [0.05, 0.1) is 0 Å². The van der Waals surface area contributed by atoms with Crippen molar-refractivity contribution in [1.82, 2.24) is 10.2 Å².